The maximum atomic E-state index is 6.19. The van der Waals surface area contributed by atoms with E-state index in [1.165, 1.54) is 0 Å². The van der Waals surface area contributed by atoms with Crippen LogP contribution in [-0.2, 0) is 6.42 Å². The molecular weight excluding hydrogens is 331 g/mol. The summed E-state index contributed by atoms with van der Waals surface area (Å²) in [7, 11) is 1.82. The van der Waals surface area contributed by atoms with Gasteiger partial charge in [-0.15, -0.1) is 0 Å². The Morgan fingerprint density at radius 3 is 2.24 bits per heavy atom. The SMILES string of the molecule is CCc1nc(NC)c(C)c(Nc2cc(Cl)c(Cl)cc2Cl)n1. The second kappa shape index (κ2) is 6.69. The highest BCUT2D eigenvalue weighted by molar-refractivity contribution is 6.44. The lowest BCUT2D eigenvalue weighted by atomic mass is 10.2. The number of nitrogens with zero attached hydrogens (tertiary/aromatic N) is 2. The zero-order chi connectivity index (χ0) is 15.6. The molecular formula is C14H15Cl3N4. The van der Waals surface area contributed by atoms with Gasteiger partial charge in [-0.25, -0.2) is 9.97 Å². The fourth-order valence-corrected chi connectivity index (χ4v) is 2.43. The van der Waals surface area contributed by atoms with Crippen molar-refractivity contribution in [2.24, 2.45) is 0 Å². The van der Waals surface area contributed by atoms with E-state index in [0.29, 0.717) is 26.6 Å². The van der Waals surface area contributed by atoms with Crippen LogP contribution in [0.15, 0.2) is 12.1 Å². The molecule has 1 aromatic heterocycles. The van der Waals surface area contributed by atoms with Crippen molar-refractivity contribution < 1.29 is 0 Å². The molecule has 0 fully saturated rings. The van der Waals surface area contributed by atoms with Gasteiger partial charge in [0.1, 0.15) is 17.5 Å². The van der Waals surface area contributed by atoms with Crippen LogP contribution in [0.4, 0.5) is 17.3 Å². The largest absolute Gasteiger partial charge is 0.373 e. The number of benzene rings is 1. The van der Waals surface area contributed by atoms with Crippen LogP contribution in [0.3, 0.4) is 0 Å². The first-order chi connectivity index (χ1) is 9.96. The van der Waals surface area contributed by atoms with Gasteiger partial charge in [-0.05, 0) is 19.1 Å². The van der Waals surface area contributed by atoms with Crippen LogP contribution in [0.5, 0.6) is 0 Å². The van der Waals surface area contributed by atoms with Gasteiger partial charge in [0.15, 0.2) is 0 Å². The van der Waals surface area contributed by atoms with Crippen molar-refractivity contribution >= 4 is 52.1 Å². The first kappa shape index (κ1) is 16.1. The molecule has 0 radical (unpaired) electrons. The second-order valence-corrected chi connectivity index (χ2v) is 5.66. The Labute approximate surface area is 138 Å². The van der Waals surface area contributed by atoms with Crippen LogP contribution in [0.1, 0.15) is 18.3 Å². The number of hydrogen-bond donors (Lipinski definition) is 2. The van der Waals surface area contributed by atoms with Gasteiger partial charge in [-0.1, -0.05) is 41.7 Å². The van der Waals surface area contributed by atoms with Gasteiger partial charge >= 0.3 is 0 Å². The van der Waals surface area contributed by atoms with Gasteiger partial charge in [0.2, 0.25) is 0 Å². The molecule has 1 aromatic carbocycles. The van der Waals surface area contributed by atoms with E-state index in [1.54, 1.807) is 12.1 Å². The van der Waals surface area contributed by atoms with E-state index in [-0.39, 0.29) is 0 Å². The summed E-state index contributed by atoms with van der Waals surface area (Å²) < 4.78 is 0. The minimum Gasteiger partial charge on any atom is -0.373 e. The molecule has 0 spiro atoms. The Morgan fingerprint density at radius 2 is 1.62 bits per heavy atom. The normalized spacial score (nSPS) is 10.6. The lowest BCUT2D eigenvalue weighted by molar-refractivity contribution is 0.935. The summed E-state index contributed by atoms with van der Waals surface area (Å²) in [4.78, 5) is 8.91. The predicted molar refractivity (Wildman–Crippen MR) is 90.4 cm³/mol. The number of halogens is 3. The van der Waals surface area contributed by atoms with Gasteiger partial charge in [0.05, 0.1) is 20.8 Å². The number of aromatic nitrogens is 2. The van der Waals surface area contributed by atoms with Crippen LogP contribution in [0, 0.1) is 6.92 Å². The molecule has 1 heterocycles. The Morgan fingerprint density at radius 1 is 1.00 bits per heavy atom. The van der Waals surface area contributed by atoms with Crippen LogP contribution in [-0.4, -0.2) is 17.0 Å². The average molecular weight is 346 g/mol. The smallest absolute Gasteiger partial charge is 0.139 e. The third-order valence-electron chi connectivity index (χ3n) is 3.01. The highest BCUT2D eigenvalue weighted by atomic mass is 35.5. The Balaban J connectivity index is 2.46. The summed E-state index contributed by atoms with van der Waals surface area (Å²) in [6.07, 6.45) is 0.735. The van der Waals surface area contributed by atoms with Crippen LogP contribution < -0.4 is 10.6 Å². The van der Waals surface area contributed by atoms with Crippen LogP contribution >= 0.6 is 34.8 Å². The number of rotatable bonds is 4. The highest BCUT2D eigenvalue weighted by Gasteiger charge is 2.12. The highest BCUT2D eigenvalue weighted by Crippen LogP contribution is 2.34. The maximum Gasteiger partial charge on any atom is 0.139 e. The quantitative estimate of drug-likeness (QED) is 0.758. The molecule has 2 aromatic rings. The Bertz CT molecular complexity index is 674. The zero-order valence-electron chi connectivity index (χ0n) is 11.9. The van der Waals surface area contributed by atoms with Crippen molar-refractivity contribution in [3.8, 4) is 0 Å². The Kier molecular flexibility index (Phi) is 5.14. The molecule has 0 amide bonds. The molecule has 0 saturated heterocycles. The molecule has 4 nitrogen and oxygen atoms in total. The summed E-state index contributed by atoms with van der Waals surface area (Å²) in [6, 6.07) is 3.28. The van der Waals surface area contributed by atoms with Crippen molar-refractivity contribution in [1.29, 1.82) is 0 Å². The van der Waals surface area contributed by atoms with Crippen molar-refractivity contribution in [3.05, 3.63) is 38.6 Å². The molecule has 0 aliphatic rings. The van der Waals surface area contributed by atoms with Crippen molar-refractivity contribution in [2.45, 2.75) is 20.3 Å². The predicted octanol–water partition coefficient (Wildman–Crippen LogP) is 5.09. The fraction of sp³-hybridized carbons (Fsp3) is 0.286. The van der Waals surface area contributed by atoms with Crippen LogP contribution in [0.25, 0.3) is 0 Å². The molecule has 0 atom stereocenters. The van der Waals surface area contributed by atoms with Gasteiger partial charge in [-0.3, -0.25) is 0 Å². The molecule has 2 rings (SSSR count). The summed E-state index contributed by atoms with van der Waals surface area (Å²) in [6.45, 7) is 3.93. The van der Waals surface area contributed by atoms with E-state index < -0.39 is 0 Å². The van der Waals surface area contributed by atoms with Crippen molar-refractivity contribution in [1.82, 2.24) is 9.97 Å². The monoisotopic (exact) mass is 344 g/mol. The number of hydrogen-bond acceptors (Lipinski definition) is 4. The zero-order valence-corrected chi connectivity index (χ0v) is 14.2. The minimum atomic E-state index is 0.414. The van der Waals surface area contributed by atoms with E-state index >= 15 is 0 Å². The average Bonchev–Trinajstić information content (AvgIpc) is 2.46. The lowest BCUT2D eigenvalue weighted by Crippen LogP contribution is -2.07. The molecule has 0 bridgehead atoms. The second-order valence-electron chi connectivity index (χ2n) is 4.44. The first-order valence-corrected chi connectivity index (χ1v) is 7.56. The molecule has 7 heteroatoms. The van der Waals surface area contributed by atoms with E-state index in [0.717, 1.165) is 23.6 Å². The third-order valence-corrected chi connectivity index (χ3v) is 4.04. The summed E-state index contributed by atoms with van der Waals surface area (Å²) in [5.74, 6) is 2.20. The first-order valence-electron chi connectivity index (χ1n) is 6.43. The topological polar surface area (TPSA) is 49.8 Å². The van der Waals surface area contributed by atoms with Gasteiger partial charge < -0.3 is 10.6 Å². The molecule has 0 aliphatic carbocycles. The lowest BCUT2D eigenvalue weighted by Gasteiger charge is -2.14. The van der Waals surface area contributed by atoms with Crippen LogP contribution in [0.2, 0.25) is 15.1 Å². The number of anilines is 3. The molecule has 2 N–H and O–H groups in total. The summed E-state index contributed by atoms with van der Waals surface area (Å²) >= 11 is 18.2. The van der Waals surface area contributed by atoms with Crippen molar-refractivity contribution in [2.75, 3.05) is 17.7 Å². The van der Waals surface area contributed by atoms with Gasteiger partial charge in [-0.2, -0.15) is 0 Å². The summed E-state index contributed by atoms with van der Waals surface area (Å²) in [5.41, 5.74) is 1.55. The fourth-order valence-electron chi connectivity index (χ4n) is 1.83. The maximum absolute atomic E-state index is 6.19. The minimum absolute atomic E-state index is 0.414. The standard InChI is InChI=1S/C14H15Cl3N4/c1-4-12-20-13(18-3)7(2)14(21-12)19-11-6-9(16)8(15)5-10(11)17/h5-6H,4H2,1-3H3,(H2,18,19,20,21). The number of aryl methyl sites for hydroxylation is 1. The number of nitrogens with one attached hydrogen (secondary N) is 2. The molecule has 112 valence electrons. The van der Waals surface area contributed by atoms with E-state index in [2.05, 4.69) is 20.6 Å². The summed E-state index contributed by atoms with van der Waals surface area (Å²) in [5, 5.41) is 7.57. The molecule has 21 heavy (non-hydrogen) atoms. The Hall–Kier alpha value is -1.23. The van der Waals surface area contributed by atoms with Gasteiger partial charge in [0.25, 0.3) is 0 Å². The molecule has 0 saturated carbocycles. The molecule has 0 unspecified atom stereocenters. The molecule has 0 aliphatic heterocycles. The van der Waals surface area contributed by atoms with E-state index in [1.807, 2.05) is 20.9 Å². The third kappa shape index (κ3) is 3.51. The van der Waals surface area contributed by atoms with E-state index in [9.17, 15) is 0 Å². The van der Waals surface area contributed by atoms with Gasteiger partial charge in [0, 0.05) is 19.0 Å². The van der Waals surface area contributed by atoms with Crippen molar-refractivity contribution in [3.63, 3.8) is 0 Å². The van der Waals surface area contributed by atoms with E-state index in [4.69, 9.17) is 34.8 Å².